The van der Waals surface area contributed by atoms with E-state index in [9.17, 15) is 18.0 Å². The van der Waals surface area contributed by atoms with Gasteiger partial charge in [-0.25, -0.2) is 4.99 Å². The van der Waals surface area contributed by atoms with E-state index >= 15 is 0 Å². The molecule has 0 radical (unpaired) electrons. The molecule has 1 unspecified atom stereocenters. The fourth-order valence-electron chi connectivity index (χ4n) is 4.43. The Labute approximate surface area is 227 Å². The van der Waals surface area contributed by atoms with Gasteiger partial charge in [-0.1, -0.05) is 48.5 Å². The van der Waals surface area contributed by atoms with Crippen molar-refractivity contribution >= 4 is 34.9 Å². The van der Waals surface area contributed by atoms with E-state index in [-0.39, 0.29) is 11.3 Å². The molecule has 0 bridgehead atoms. The Bertz CT molecular complexity index is 1480. The first-order valence-electron chi connectivity index (χ1n) is 12.4. The summed E-state index contributed by atoms with van der Waals surface area (Å²) >= 11 is 0. The smallest absolute Gasteiger partial charge is 0.407 e. The van der Waals surface area contributed by atoms with E-state index in [1.54, 1.807) is 17.0 Å². The first kappa shape index (κ1) is 26.9. The normalized spacial score (nSPS) is 17.8. The molecule has 1 amide bonds. The van der Waals surface area contributed by atoms with Crippen molar-refractivity contribution in [3.63, 3.8) is 0 Å². The van der Waals surface area contributed by atoms with Gasteiger partial charge in [0.05, 0.1) is 41.4 Å². The molecule has 0 spiro atoms. The van der Waals surface area contributed by atoms with E-state index < -0.39 is 35.7 Å². The summed E-state index contributed by atoms with van der Waals surface area (Å²) in [5.41, 5.74) is 7.86. The van der Waals surface area contributed by atoms with Crippen molar-refractivity contribution in [1.29, 1.82) is 5.41 Å². The molecule has 3 aromatic rings. The zero-order valence-electron chi connectivity index (χ0n) is 21.1. The van der Waals surface area contributed by atoms with Gasteiger partial charge in [-0.05, 0) is 24.3 Å². The molecular weight excluding hydrogens is 525 g/mol. The van der Waals surface area contributed by atoms with Crippen LogP contribution in [0, 0.1) is 5.41 Å². The highest BCUT2D eigenvalue weighted by molar-refractivity contribution is 6.19. The highest BCUT2D eigenvalue weighted by atomic mass is 19.4. The molecule has 2 aliphatic heterocycles. The van der Waals surface area contributed by atoms with Gasteiger partial charge in [0, 0.05) is 24.2 Å². The van der Waals surface area contributed by atoms with Crippen molar-refractivity contribution in [3.8, 4) is 0 Å². The molecule has 40 heavy (non-hydrogen) atoms. The number of nitrogens with zero attached hydrogens (tertiary/aromatic N) is 3. The Morgan fingerprint density at radius 1 is 1.07 bits per heavy atom. The van der Waals surface area contributed by atoms with E-state index in [0.29, 0.717) is 43.3 Å². The second-order valence-corrected chi connectivity index (χ2v) is 8.98. The fraction of sp³-hybridized carbons (Fsp3) is 0.214. The van der Waals surface area contributed by atoms with Gasteiger partial charge in [0.2, 0.25) is 12.1 Å². The highest BCUT2D eigenvalue weighted by Gasteiger charge is 2.33. The lowest BCUT2D eigenvalue weighted by atomic mass is 10.0. The molecule has 4 N–H and O–H groups in total. The van der Waals surface area contributed by atoms with Crippen LogP contribution in [0.5, 0.6) is 0 Å². The summed E-state index contributed by atoms with van der Waals surface area (Å²) in [4.78, 5) is 23.4. The van der Waals surface area contributed by atoms with Crippen molar-refractivity contribution in [2.45, 2.75) is 12.3 Å². The highest BCUT2D eigenvalue weighted by Crippen LogP contribution is 2.34. The summed E-state index contributed by atoms with van der Waals surface area (Å²) in [6.07, 6.45) is -5.91. The van der Waals surface area contributed by atoms with Gasteiger partial charge in [-0.2, -0.15) is 18.2 Å². The van der Waals surface area contributed by atoms with Crippen LogP contribution in [0.15, 0.2) is 82.8 Å². The number of benzodiazepines with no additional fused rings is 1. The summed E-state index contributed by atoms with van der Waals surface area (Å²) in [6.45, 7) is 1.33. The standard InChI is InChI=1S/C28H25F3N6O3/c29-28(30,31)18-10-11-20(22(16-18)37-12-14-39-15-13-37)24(32)40-27(33)36-25-26(38)34-21-9-5-4-8-19(21)23(35-25)17-6-2-1-3-7-17/h1-11,16,25,32H,12-15H2,(H2,33,36)(H,34,38). The molecule has 0 aromatic heterocycles. The Morgan fingerprint density at radius 3 is 2.50 bits per heavy atom. The van der Waals surface area contributed by atoms with Crippen LogP contribution in [0.25, 0.3) is 0 Å². The molecule has 12 heteroatoms. The number of fused-ring (bicyclic) bond motifs is 1. The van der Waals surface area contributed by atoms with Crippen LogP contribution in [0.1, 0.15) is 22.3 Å². The topological polar surface area (TPSA) is 125 Å². The van der Waals surface area contributed by atoms with E-state index in [0.717, 1.165) is 23.8 Å². The third-order valence-corrected chi connectivity index (χ3v) is 6.35. The molecule has 2 aliphatic rings. The number of amidine groups is 1. The number of rotatable bonds is 4. The molecule has 2 heterocycles. The zero-order chi connectivity index (χ0) is 28.3. The van der Waals surface area contributed by atoms with Crippen molar-refractivity contribution < 1.29 is 27.4 Å². The molecule has 0 saturated carbocycles. The monoisotopic (exact) mass is 550 g/mol. The summed E-state index contributed by atoms with van der Waals surface area (Å²) in [5.74, 6) is -1.10. The Hall–Kier alpha value is -4.71. The van der Waals surface area contributed by atoms with E-state index in [1.165, 1.54) is 0 Å². The second-order valence-electron chi connectivity index (χ2n) is 8.98. The number of halogens is 3. The number of hydrogen-bond acceptors (Lipinski definition) is 7. The van der Waals surface area contributed by atoms with Crippen molar-refractivity contribution in [2.24, 2.45) is 15.7 Å². The third kappa shape index (κ3) is 5.81. The molecular formula is C28H25F3N6O3. The minimum absolute atomic E-state index is 0.0826. The quantitative estimate of drug-likeness (QED) is 0.334. The van der Waals surface area contributed by atoms with Crippen LogP contribution in [-0.2, 0) is 20.4 Å². The molecule has 1 atom stereocenters. The van der Waals surface area contributed by atoms with Crippen LogP contribution in [0.3, 0.4) is 0 Å². The fourth-order valence-corrected chi connectivity index (χ4v) is 4.43. The van der Waals surface area contributed by atoms with E-state index in [2.05, 4.69) is 15.3 Å². The van der Waals surface area contributed by atoms with Gasteiger partial charge < -0.3 is 25.4 Å². The molecule has 5 rings (SSSR count). The summed E-state index contributed by atoms with van der Waals surface area (Å²) in [6, 6.07) is 18.9. The van der Waals surface area contributed by atoms with Crippen LogP contribution >= 0.6 is 0 Å². The van der Waals surface area contributed by atoms with Crippen LogP contribution in [0.2, 0.25) is 0 Å². The molecule has 3 aromatic carbocycles. The summed E-state index contributed by atoms with van der Waals surface area (Å²) in [7, 11) is 0. The van der Waals surface area contributed by atoms with Gasteiger partial charge >= 0.3 is 6.18 Å². The zero-order valence-corrected chi connectivity index (χ0v) is 21.1. The number of carbonyl (C=O) groups is 1. The van der Waals surface area contributed by atoms with Crippen molar-refractivity contribution in [3.05, 3.63) is 95.1 Å². The minimum atomic E-state index is -4.57. The van der Waals surface area contributed by atoms with E-state index in [1.807, 2.05) is 42.5 Å². The number of carbonyl (C=O) groups excluding carboxylic acids is 1. The lowest BCUT2D eigenvalue weighted by Gasteiger charge is -2.31. The first-order valence-corrected chi connectivity index (χ1v) is 12.4. The molecule has 9 nitrogen and oxygen atoms in total. The molecule has 1 fully saturated rings. The molecule has 0 aliphatic carbocycles. The molecule has 1 saturated heterocycles. The van der Waals surface area contributed by atoms with Crippen LogP contribution in [-0.4, -0.2) is 56.0 Å². The van der Waals surface area contributed by atoms with Gasteiger partial charge in [0.15, 0.2) is 0 Å². The molecule has 206 valence electrons. The maximum absolute atomic E-state index is 13.4. The summed E-state index contributed by atoms with van der Waals surface area (Å²) in [5, 5.41) is 11.3. The van der Waals surface area contributed by atoms with Gasteiger partial charge in [0.25, 0.3) is 11.9 Å². The maximum atomic E-state index is 13.4. The average Bonchev–Trinajstić information content (AvgIpc) is 3.09. The maximum Gasteiger partial charge on any atom is 0.416 e. The Balaban J connectivity index is 1.45. The lowest BCUT2D eigenvalue weighted by molar-refractivity contribution is -0.137. The van der Waals surface area contributed by atoms with Gasteiger partial charge in [0.1, 0.15) is 0 Å². The average molecular weight is 551 g/mol. The number of nitrogens with two attached hydrogens (primary N) is 1. The Kier molecular flexibility index (Phi) is 7.52. The van der Waals surface area contributed by atoms with E-state index in [4.69, 9.17) is 20.6 Å². The van der Waals surface area contributed by atoms with Crippen LogP contribution < -0.4 is 16.0 Å². The number of benzene rings is 3. The lowest BCUT2D eigenvalue weighted by Crippen LogP contribution is -2.37. The number of alkyl halides is 3. The number of ether oxygens (including phenoxy) is 2. The Morgan fingerprint density at radius 2 is 1.77 bits per heavy atom. The number of aliphatic imine (C=N–C) groups is 2. The first-order chi connectivity index (χ1) is 19.2. The van der Waals surface area contributed by atoms with Crippen molar-refractivity contribution in [1.82, 2.24) is 0 Å². The number of nitrogens with one attached hydrogen (secondary N) is 2. The SMILES string of the molecule is N=C(O/C(N)=N/C1N=C(c2ccccc2)c2ccccc2NC1=O)c1ccc(C(F)(F)F)cc1N1CCOCC1. The van der Waals surface area contributed by atoms with Crippen LogP contribution in [0.4, 0.5) is 24.5 Å². The van der Waals surface area contributed by atoms with Gasteiger partial charge in [-0.15, -0.1) is 0 Å². The minimum Gasteiger partial charge on any atom is -0.407 e. The number of amides is 1. The number of anilines is 2. The van der Waals surface area contributed by atoms with Gasteiger partial charge in [-0.3, -0.25) is 10.2 Å². The number of para-hydroxylation sites is 1. The largest absolute Gasteiger partial charge is 0.416 e. The number of hydrogen-bond donors (Lipinski definition) is 3. The predicted octanol–water partition coefficient (Wildman–Crippen LogP) is 4.01. The third-order valence-electron chi connectivity index (χ3n) is 6.35. The van der Waals surface area contributed by atoms with Crippen molar-refractivity contribution in [2.75, 3.05) is 36.5 Å². The second kappa shape index (κ2) is 11.2. The summed E-state index contributed by atoms with van der Waals surface area (Å²) < 4.78 is 51.1. The number of morpholine rings is 1. The predicted molar refractivity (Wildman–Crippen MR) is 145 cm³/mol.